The van der Waals surface area contributed by atoms with Crippen LogP contribution >= 0.6 is 11.6 Å². The number of carbonyl (C=O) groups is 1. The van der Waals surface area contributed by atoms with Gasteiger partial charge in [0.2, 0.25) is 5.91 Å². The highest BCUT2D eigenvalue weighted by atomic mass is 35.5. The van der Waals surface area contributed by atoms with Gasteiger partial charge in [-0.15, -0.1) is 0 Å². The van der Waals surface area contributed by atoms with Gasteiger partial charge in [0.15, 0.2) is 0 Å². The Hall–Kier alpha value is -2.94. The standard InChI is InChI=1S/C22H23ClN4O3S/c1-2-27(19-9-4-3-5-10-19)31(29,30)21-14-17(11-12-20(21)23)26-22(28)16-24-15-18-8-6-7-13-25-18/h3-14,24H,2,15-16H2,1H3,(H,26,28). The summed E-state index contributed by atoms with van der Waals surface area (Å²) >= 11 is 6.22. The normalized spacial score (nSPS) is 11.2. The highest BCUT2D eigenvalue weighted by Gasteiger charge is 2.26. The number of nitrogens with zero attached hydrogens (tertiary/aromatic N) is 2. The monoisotopic (exact) mass is 458 g/mol. The molecule has 0 spiro atoms. The summed E-state index contributed by atoms with van der Waals surface area (Å²) in [6.07, 6.45) is 1.68. The first-order valence-corrected chi connectivity index (χ1v) is 11.5. The Balaban J connectivity index is 1.72. The maximum Gasteiger partial charge on any atom is 0.265 e. The topological polar surface area (TPSA) is 91.4 Å². The van der Waals surface area contributed by atoms with Gasteiger partial charge in [-0.25, -0.2) is 8.42 Å². The quantitative estimate of drug-likeness (QED) is 0.510. The van der Waals surface area contributed by atoms with Gasteiger partial charge in [-0.2, -0.15) is 0 Å². The average molecular weight is 459 g/mol. The SMILES string of the molecule is CCN(c1ccccc1)S(=O)(=O)c1cc(NC(=O)CNCc2ccccn2)ccc1Cl. The number of pyridine rings is 1. The van der Waals surface area contributed by atoms with E-state index in [0.29, 0.717) is 17.9 Å². The van der Waals surface area contributed by atoms with Gasteiger partial charge in [0.1, 0.15) is 4.90 Å². The molecule has 9 heteroatoms. The number of hydrogen-bond acceptors (Lipinski definition) is 5. The van der Waals surface area contributed by atoms with Crippen LogP contribution in [-0.4, -0.2) is 32.4 Å². The molecule has 7 nitrogen and oxygen atoms in total. The van der Waals surface area contributed by atoms with Gasteiger partial charge >= 0.3 is 0 Å². The minimum Gasteiger partial charge on any atom is -0.325 e. The van der Waals surface area contributed by atoms with Crippen molar-refractivity contribution in [2.45, 2.75) is 18.4 Å². The van der Waals surface area contributed by atoms with Crippen molar-refractivity contribution in [3.8, 4) is 0 Å². The fourth-order valence-corrected chi connectivity index (χ4v) is 4.97. The zero-order valence-corrected chi connectivity index (χ0v) is 18.5. The zero-order chi connectivity index (χ0) is 22.3. The number of amides is 1. The molecule has 0 atom stereocenters. The third-order valence-electron chi connectivity index (χ3n) is 4.43. The van der Waals surface area contributed by atoms with E-state index in [-0.39, 0.29) is 28.9 Å². The zero-order valence-electron chi connectivity index (χ0n) is 17.0. The van der Waals surface area contributed by atoms with Crippen molar-refractivity contribution < 1.29 is 13.2 Å². The molecular formula is C22H23ClN4O3S. The largest absolute Gasteiger partial charge is 0.325 e. The van der Waals surface area contributed by atoms with E-state index in [0.717, 1.165) is 5.69 Å². The second kappa shape index (κ2) is 10.4. The summed E-state index contributed by atoms with van der Waals surface area (Å²) in [5.74, 6) is -0.308. The molecule has 162 valence electrons. The number of nitrogens with one attached hydrogen (secondary N) is 2. The first-order chi connectivity index (χ1) is 14.9. The predicted molar refractivity (Wildman–Crippen MR) is 123 cm³/mol. The number of halogens is 1. The van der Waals surface area contributed by atoms with Crippen LogP contribution in [0.25, 0.3) is 0 Å². The number of sulfonamides is 1. The van der Waals surface area contributed by atoms with Crippen LogP contribution in [0.15, 0.2) is 77.8 Å². The van der Waals surface area contributed by atoms with Crippen molar-refractivity contribution in [3.63, 3.8) is 0 Å². The fraction of sp³-hybridized carbons (Fsp3) is 0.182. The van der Waals surface area contributed by atoms with E-state index >= 15 is 0 Å². The molecule has 1 amide bonds. The molecule has 0 saturated heterocycles. The van der Waals surface area contributed by atoms with E-state index in [9.17, 15) is 13.2 Å². The smallest absolute Gasteiger partial charge is 0.265 e. The van der Waals surface area contributed by atoms with Gasteiger partial charge in [-0.3, -0.25) is 14.1 Å². The van der Waals surface area contributed by atoms with E-state index in [1.54, 1.807) is 43.5 Å². The summed E-state index contributed by atoms with van der Waals surface area (Å²) in [5, 5.41) is 5.78. The molecule has 3 rings (SSSR count). The van der Waals surface area contributed by atoms with Crippen molar-refractivity contribution >= 4 is 38.9 Å². The molecule has 0 radical (unpaired) electrons. The van der Waals surface area contributed by atoms with Crippen LogP contribution in [0, 0.1) is 0 Å². The van der Waals surface area contributed by atoms with Crippen molar-refractivity contribution in [2.75, 3.05) is 22.7 Å². The Morgan fingerprint density at radius 1 is 1.06 bits per heavy atom. The van der Waals surface area contributed by atoms with Crippen molar-refractivity contribution in [2.24, 2.45) is 0 Å². The minimum atomic E-state index is -3.92. The Bertz CT molecular complexity index is 1130. The lowest BCUT2D eigenvalue weighted by Crippen LogP contribution is -2.31. The van der Waals surface area contributed by atoms with Gasteiger partial charge in [0.05, 0.1) is 22.9 Å². The Morgan fingerprint density at radius 3 is 2.48 bits per heavy atom. The first-order valence-electron chi connectivity index (χ1n) is 9.69. The third-order valence-corrected chi connectivity index (χ3v) is 6.82. The molecule has 2 aromatic carbocycles. The molecule has 1 aromatic heterocycles. The number of para-hydroxylation sites is 1. The number of benzene rings is 2. The summed E-state index contributed by atoms with van der Waals surface area (Å²) in [7, 11) is -3.92. The van der Waals surface area contributed by atoms with E-state index in [1.807, 2.05) is 24.3 Å². The molecule has 0 bridgehead atoms. The average Bonchev–Trinajstić information content (AvgIpc) is 2.77. The van der Waals surface area contributed by atoms with Gasteiger partial charge in [-0.1, -0.05) is 35.9 Å². The van der Waals surface area contributed by atoms with Gasteiger partial charge in [0, 0.05) is 25.0 Å². The lowest BCUT2D eigenvalue weighted by atomic mass is 10.3. The molecule has 0 unspecified atom stereocenters. The fourth-order valence-electron chi connectivity index (χ4n) is 3.00. The minimum absolute atomic E-state index is 0.0480. The number of hydrogen-bond donors (Lipinski definition) is 2. The van der Waals surface area contributed by atoms with Crippen molar-refractivity contribution in [1.82, 2.24) is 10.3 Å². The summed E-state index contributed by atoms with van der Waals surface area (Å²) < 4.78 is 27.8. The number of carbonyl (C=O) groups excluding carboxylic acids is 1. The van der Waals surface area contributed by atoms with Gasteiger partial charge in [-0.05, 0) is 49.4 Å². The Morgan fingerprint density at radius 2 is 1.81 bits per heavy atom. The van der Waals surface area contributed by atoms with E-state index in [2.05, 4.69) is 15.6 Å². The van der Waals surface area contributed by atoms with Gasteiger partial charge < -0.3 is 10.6 Å². The second-order valence-electron chi connectivity index (χ2n) is 6.62. The molecule has 0 aliphatic heterocycles. The second-order valence-corrected chi connectivity index (χ2v) is 8.86. The molecule has 0 aliphatic rings. The van der Waals surface area contributed by atoms with Crippen LogP contribution in [0.2, 0.25) is 5.02 Å². The van der Waals surface area contributed by atoms with Gasteiger partial charge in [0.25, 0.3) is 10.0 Å². The summed E-state index contributed by atoms with van der Waals surface area (Å²) in [6, 6.07) is 18.7. The highest BCUT2D eigenvalue weighted by Crippen LogP contribution is 2.30. The Kier molecular flexibility index (Phi) is 7.62. The lowest BCUT2D eigenvalue weighted by Gasteiger charge is -2.23. The van der Waals surface area contributed by atoms with Crippen LogP contribution in [0.4, 0.5) is 11.4 Å². The number of rotatable bonds is 9. The highest BCUT2D eigenvalue weighted by molar-refractivity contribution is 7.93. The van der Waals surface area contributed by atoms with Crippen LogP contribution in [-0.2, 0) is 21.4 Å². The summed E-state index contributed by atoms with van der Waals surface area (Å²) in [6.45, 7) is 2.47. The molecule has 1 heterocycles. The first kappa shape index (κ1) is 22.7. The molecule has 0 saturated carbocycles. The molecule has 2 N–H and O–H groups in total. The molecular weight excluding hydrogens is 436 g/mol. The van der Waals surface area contributed by atoms with E-state index < -0.39 is 10.0 Å². The van der Waals surface area contributed by atoms with Crippen LogP contribution < -0.4 is 14.9 Å². The van der Waals surface area contributed by atoms with E-state index in [4.69, 9.17) is 11.6 Å². The maximum absolute atomic E-state index is 13.3. The summed E-state index contributed by atoms with van der Waals surface area (Å²) in [5.41, 5.74) is 1.70. The van der Waals surface area contributed by atoms with Crippen LogP contribution in [0.3, 0.4) is 0 Å². The van der Waals surface area contributed by atoms with E-state index in [1.165, 1.54) is 16.4 Å². The third kappa shape index (κ3) is 5.81. The summed E-state index contributed by atoms with van der Waals surface area (Å²) in [4.78, 5) is 16.4. The number of anilines is 2. The molecule has 3 aromatic rings. The van der Waals surface area contributed by atoms with Crippen LogP contribution in [0.1, 0.15) is 12.6 Å². The Labute approximate surface area is 187 Å². The predicted octanol–water partition coefficient (Wildman–Crippen LogP) is 3.68. The van der Waals surface area contributed by atoms with Crippen LogP contribution in [0.5, 0.6) is 0 Å². The molecule has 31 heavy (non-hydrogen) atoms. The molecule has 0 fully saturated rings. The molecule has 0 aliphatic carbocycles. The number of aromatic nitrogens is 1. The maximum atomic E-state index is 13.3. The van der Waals surface area contributed by atoms with Crippen molar-refractivity contribution in [3.05, 3.63) is 83.6 Å². The lowest BCUT2D eigenvalue weighted by molar-refractivity contribution is -0.115. The van der Waals surface area contributed by atoms with Crippen molar-refractivity contribution in [1.29, 1.82) is 0 Å².